The lowest BCUT2D eigenvalue weighted by Crippen LogP contribution is -2.58. The molecule has 3 unspecified atom stereocenters. The van der Waals surface area contributed by atoms with Gasteiger partial charge in [0, 0.05) is 23.8 Å². The summed E-state index contributed by atoms with van der Waals surface area (Å²) in [7, 11) is 1.58. The molecule has 1 aromatic carbocycles. The maximum Gasteiger partial charge on any atom is 0.246 e. The Morgan fingerprint density at radius 2 is 1.82 bits per heavy atom. The standard InChI is InChI=1S/C30H39N3O5/c1-18-11-13-21(14-12-18)33-26(28(35)31-19-7-4-3-5-8-19)30-16-15-23(38-30)24(25(30)29(33)36)27(34)32-20-9-6-10-22(17-20)37-2/h6,9-10,15-19,21,23-26H,3-5,7-8,11-14H2,1-2H3,(H,31,35)(H,32,34)/t18?,21?,23-,24?,25-,26?,30?/m0/s1. The molecule has 1 spiro atoms. The van der Waals surface area contributed by atoms with E-state index >= 15 is 0 Å². The van der Waals surface area contributed by atoms with E-state index in [0.717, 1.165) is 51.4 Å². The fourth-order valence-corrected chi connectivity index (χ4v) is 7.57. The van der Waals surface area contributed by atoms with Crippen LogP contribution in [0, 0.1) is 17.8 Å². The van der Waals surface area contributed by atoms with Crippen molar-refractivity contribution < 1.29 is 23.9 Å². The molecule has 0 aromatic heterocycles. The predicted octanol–water partition coefficient (Wildman–Crippen LogP) is 3.81. The van der Waals surface area contributed by atoms with Crippen LogP contribution in [0.2, 0.25) is 0 Å². The Labute approximate surface area is 224 Å². The Morgan fingerprint density at radius 3 is 2.55 bits per heavy atom. The van der Waals surface area contributed by atoms with Crippen molar-refractivity contribution in [2.24, 2.45) is 17.8 Å². The second-order valence-electron chi connectivity index (χ2n) is 11.9. The molecule has 2 bridgehead atoms. The van der Waals surface area contributed by atoms with E-state index in [1.807, 2.05) is 29.2 Å². The molecule has 204 valence electrons. The van der Waals surface area contributed by atoms with E-state index in [-0.39, 0.29) is 29.8 Å². The van der Waals surface area contributed by atoms with Crippen LogP contribution in [-0.2, 0) is 19.1 Å². The molecule has 5 aliphatic rings. The molecule has 38 heavy (non-hydrogen) atoms. The van der Waals surface area contributed by atoms with Gasteiger partial charge in [0.2, 0.25) is 17.7 Å². The minimum Gasteiger partial charge on any atom is -0.497 e. The summed E-state index contributed by atoms with van der Waals surface area (Å²) in [5.74, 6) is -0.683. The molecule has 3 aliphatic heterocycles. The first-order chi connectivity index (χ1) is 18.4. The molecule has 2 aliphatic carbocycles. The minimum atomic E-state index is -1.11. The molecule has 2 saturated carbocycles. The number of nitrogens with zero attached hydrogens (tertiary/aromatic N) is 1. The van der Waals surface area contributed by atoms with E-state index in [1.165, 1.54) is 6.42 Å². The maximum absolute atomic E-state index is 14.3. The number of amides is 3. The topological polar surface area (TPSA) is 97.0 Å². The van der Waals surface area contributed by atoms with E-state index < -0.39 is 29.6 Å². The van der Waals surface area contributed by atoms with E-state index in [1.54, 1.807) is 19.2 Å². The van der Waals surface area contributed by atoms with Crippen LogP contribution in [0.1, 0.15) is 64.7 Å². The summed E-state index contributed by atoms with van der Waals surface area (Å²) in [4.78, 5) is 43.8. The highest BCUT2D eigenvalue weighted by Gasteiger charge is 2.73. The number of methoxy groups -OCH3 is 1. The van der Waals surface area contributed by atoms with Crippen molar-refractivity contribution in [2.45, 2.75) is 94.5 Å². The minimum absolute atomic E-state index is 0.0149. The number of fused-ring (bicyclic) bond motifs is 1. The fraction of sp³-hybridized carbons (Fsp3) is 0.633. The van der Waals surface area contributed by atoms with Crippen LogP contribution >= 0.6 is 0 Å². The number of ether oxygens (including phenoxy) is 2. The number of hydrogen-bond donors (Lipinski definition) is 2. The van der Waals surface area contributed by atoms with Crippen molar-refractivity contribution in [1.29, 1.82) is 0 Å². The van der Waals surface area contributed by atoms with Gasteiger partial charge in [-0.05, 0) is 56.6 Å². The van der Waals surface area contributed by atoms with Crippen LogP contribution in [0.5, 0.6) is 5.75 Å². The third-order valence-electron chi connectivity index (χ3n) is 9.53. The van der Waals surface area contributed by atoms with Crippen molar-refractivity contribution in [3.05, 3.63) is 36.4 Å². The van der Waals surface area contributed by atoms with Crippen molar-refractivity contribution in [1.82, 2.24) is 10.2 Å². The molecule has 3 amide bonds. The van der Waals surface area contributed by atoms with Gasteiger partial charge in [-0.25, -0.2) is 0 Å². The highest BCUT2D eigenvalue weighted by atomic mass is 16.5. The van der Waals surface area contributed by atoms with Gasteiger partial charge < -0.3 is 25.0 Å². The number of likely N-dealkylation sites (tertiary alicyclic amines) is 1. The van der Waals surface area contributed by atoms with Crippen LogP contribution in [-0.4, -0.2) is 59.6 Å². The highest BCUT2D eigenvalue weighted by Crippen LogP contribution is 2.56. The molecular formula is C30H39N3O5. The highest BCUT2D eigenvalue weighted by molar-refractivity contribution is 6.03. The van der Waals surface area contributed by atoms with Gasteiger partial charge in [0.25, 0.3) is 0 Å². The van der Waals surface area contributed by atoms with Gasteiger partial charge in [-0.3, -0.25) is 14.4 Å². The van der Waals surface area contributed by atoms with Crippen molar-refractivity contribution in [3.63, 3.8) is 0 Å². The lowest BCUT2D eigenvalue weighted by Gasteiger charge is -2.40. The number of benzene rings is 1. The molecule has 6 rings (SSSR count). The number of anilines is 1. The number of nitrogens with one attached hydrogen (secondary N) is 2. The first kappa shape index (κ1) is 25.4. The van der Waals surface area contributed by atoms with E-state index in [4.69, 9.17) is 9.47 Å². The summed E-state index contributed by atoms with van der Waals surface area (Å²) in [6, 6.07) is 6.54. The third kappa shape index (κ3) is 4.21. The molecule has 0 radical (unpaired) electrons. The zero-order valence-electron chi connectivity index (χ0n) is 22.4. The molecule has 4 fully saturated rings. The SMILES string of the molecule is COc1cccc(NC(=O)C2[C@@H]3C=CC4(O3)C(C(=O)NC3CCCCC3)N(C3CCC(C)CC3)C(=O)[C@H]24)c1. The van der Waals surface area contributed by atoms with Gasteiger partial charge in [-0.1, -0.05) is 44.4 Å². The summed E-state index contributed by atoms with van der Waals surface area (Å²) in [5.41, 5.74) is -0.509. The average Bonchev–Trinajstić information content (AvgIpc) is 3.57. The van der Waals surface area contributed by atoms with Gasteiger partial charge in [0.1, 0.15) is 17.4 Å². The number of carbonyl (C=O) groups excluding carboxylic acids is 3. The molecule has 8 heteroatoms. The zero-order valence-corrected chi connectivity index (χ0v) is 22.4. The van der Waals surface area contributed by atoms with Crippen molar-refractivity contribution >= 4 is 23.4 Å². The monoisotopic (exact) mass is 521 g/mol. The first-order valence-electron chi connectivity index (χ1n) is 14.4. The maximum atomic E-state index is 14.3. The van der Waals surface area contributed by atoms with Crippen LogP contribution < -0.4 is 15.4 Å². The van der Waals surface area contributed by atoms with Crippen LogP contribution in [0.25, 0.3) is 0 Å². The van der Waals surface area contributed by atoms with Gasteiger partial charge in [-0.2, -0.15) is 0 Å². The smallest absolute Gasteiger partial charge is 0.246 e. The lowest BCUT2D eigenvalue weighted by atomic mass is 9.74. The van der Waals surface area contributed by atoms with Gasteiger partial charge in [-0.15, -0.1) is 0 Å². The quantitative estimate of drug-likeness (QED) is 0.555. The molecular weight excluding hydrogens is 482 g/mol. The molecule has 2 N–H and O–H groups in total. The molecule has 8 nitrogen and oxygen atoms in total. The predicted molar refractivity (Wildman–Crippen MR) is 142 cm³/mol. The van der Waals surface area contributed by atoms with Crippen LogP contribution in [0.4, 0.5) is 5.69 Å². The average molecular weight is 522 g/mol. The first-order valence-corrected chi connectivity index (χ1v) is 14.4. The summed E-state index contributed by atoms with van der Waals surface area (Å²) >= 11 is 0. The summed E-state index contributed by atoms with van der Waals surface area (Å²) in [5, 5.41) is 6.26. The Morgan fingerprint density at radius 1 is 1.05 bits per heavy atom. The Kier molecular flexibility index (Phi) is 6.70. The summed E-state index contributed by atoms with van der Waals surface area (Å²) in [6.45, 7) is 2.25. The molecule has 3 heterocycles. The zero-order chi connectivity index (χ0) is 26.4. The normalized spacial score (nSPS) is 36.3. The van der Waals surface area contributed by atoms with Crippen molar-refractivity contribution in [3.8, 4) is 5.75 Å². The Balaban J connectivity index is 1.31. The molecule has 2 saturated heterocycles. The largest absolute Gasteiger partial charge is 0.497 e. The van der Waals surface area contributed by atoms with Gasteiger partial charge >= 0.3 is 0 Å². The van der Waals surface area contributed by atoms with Gasteiger partial charge in [0.15, 0.2) is 0 Å². The van der Waals surface area contributed by atoms with Crippen molar-refractivity contribution in [2.75, 3.05) is 12.4 Å². The van der Waals surface area contributed by atoms with Crippen LogP contribution in [0.3, 0.4) is 0 Å². The van der Waals surface area contributed by atoms with Crippen LogP contribution in [0.15, 0.2) is 36.4 Å². The fourth-order valence-electron chi connectivity index (χ4n) is 7.57. The third-order valence-corrected chi connectivity index (χ3v) is 9.53. The van der Waals surface area contributed by atoms with E-state index in [0.29, 0.717) is 17.4 Å². The summed E-state index contributed by atoms with van der Waals surface area (Å²) in [6.07, 6.45) is 12.4. The second kappa shape index (κ2) is 10.0. The second-order valence-corrected chi connectivity index (χ2v) is 11.9. The van der Waals surface area contributed by atoms with E-state index in [9.17, 15) is 14.4 Å². The van der Waals surface area contributed by atoms with Gasteiger partial charge in [0.05, 0.1) is 25.0 Å². The number of carbonyl (C=O) groups is 3. The molecule has 1 aromatic rings. The molecule has 5 atom stereocenters. The van der Waals surface area contributed by atoms with E-state index in [2.05, 4.69) is 17.6 Å². The Hall–Kier alpha value is -2.87. The number of hydrogen-bond acceptors (Lipinski definition) is 5. The lowest BCUT2D eigenvalue weighted by molar-refractivity contribution is -0.145. The Bertz CT molecular complexity index is 1120. The number of rotatable bonds is 6. The summed E-state index contributed by atoms with van der Waals surface area (Å²) < 4.78 is 11.8.